The van der Waals surface area contributed by atoms with Crippen molar-refractivity contribution in [2.45, 2.75) is 77.3 Å². The van der Waals surface area contributed by atoms with Crippen LogP contribution in [0.25, 0.3) is 0 Å². The zero-order valence-corrected chi connectivity index (χ0v) is 17.8. The Morgan fingerprint density at radius 3 is 2.76 bits per heavy atom. The first-order valence-corrected chi connectivity index (χ1v) is 11.4. The highest BCUT2D eigenvalue weighted by molar-refractivity contribution is 6.04. The molecule has 2 amide bonds. The molecular weight excluding hydrogens is 360 g/mol. The molecule has 4 atom stereocenters. The first-order valence-electron chi connectivity index (χ1n) is 11.4. The van der Waals surface area contributed by atoms with Crippen LogP contribution in [0.15, 0.2) is 35.9 Å². The molecule has 0 saturated heterocycles. The van der Waals surface area contributed by atoms with E-state index in [1.807, 2.05) is 29.2 Å². The van der Waals surface area contributed by atoms with Crippen molar-refractivity contribution >= 4 is 11.8 Å². The predicted octanol–water partition coefficient (Wildman–Crippen LogP) is 5.01. The highest BCUT2D eigenvalue weighted by atomic mass is 16.2. The number of carbonyl (C=O) groups excluding carboxylic acids is 2. The van der Waals surface area contributed by atoms with Gasteiger partial charge in [-0.2, -0.15) is 0 Å². The predicted molar refractivity (Wildman–Crippen MR) is 115 cm³/mol. The topological polar surface area (TPSA) is 49.4 Å². The highest BCUT2D eigenvalue weighted by Gasteiger charge is 2.42. The molecule has 0 aromatic heterocycles. The van der Waals surface area contributed by atoms with Crippen LogP contribution in [0.3, 0.4) is 0 Å². The molecule has 1 heterocycles. The molecule has 4 unspecified atom stereocenters. The van der Waals surface area contributed by atoms with Gasteiger partial charge in [0.1, 0.15) is 6.04 Å². The summed E-state index contributed by atoms with van der Waals surface area (Å²) in [5.74, 6) is 1.09. The Morgan fingerprint density at radius 1 is 1.14 bits per heavy atom. The molecule has 0 bridgehead atoms. The summed E-state index contributed by atoms with van der Waals surface area (Å²) in [6, 6.07) is 7.35. The summed E-state index contributed by atoms with van der Waals surface area (Å²) in [6.45, 7) is 5.14. The minimum atomic E-state index is -0.493. The lowest BCUT2D eigenvalue weighted by molar-refractivity contribution is -0.127. The van der Waals surface area contributed by atoms with E-state index in [2.05, 4.69) is 25.2 Å². The summed E-state index contributed by atoms with van der Waals surface area (Å²) in [6.07, 6.45) is 11.4. The number of allylic oxidation sites excluding steroid dienone is 1. The number of fused-ring (bicyclic) bond motifs is 1. The van der Waals surface area contributed by atoms with Gasteiger partial charge in [-0.3, -0.25) is 9.59 Å². The van der Waals surface area contributed by atoms with Gasteiger partial charge in [0.25, 0.3) is 5.91 Å². The van der Waals surface area contributed by atoms with E-state index in [0.29, 0.717) is 23.9 Å². The molecule has 0 spiro atoms. The van der Waals surface area contributed by atoms with Gasteiger partial charge in [0.05, 0.1) is 0 Å². The Kier molecular flexibility index (Phi) is 6.07. The standard InChI is InChI=1S/C25H34N2O2/c1-17-9-8-14-22(18(17)2)26-24(28)23-20-12-6-7-13-21(20)25(29)27(23)16-15-19-10-4-3-5-11-19/h6-7,10,12-13,17-18,22-23H,3-5,8-9,11,14-16H2,1-2H3,(H,26,28). The summed E-state index contributed by atoms with van der Waals surface area (Å²) in [7, 11) is 0. The van der Waals surface area contributed by atoms with E-state index in [9.17, 15) is 9.59 Å². The Hall–Kier alpha value is -2.10. The quantitative estimate of drug-likeness (QED) is 0.713. The molecule has 1 aromatic carbocycles. The van der Waals surface area contributed by atoms with Crippen molar-refractivity contribution in [3.05, 3.63) is 47.0 Å². The molecule has 0 radical (unpaired) electrons. The molecule has 1 fully saturated rings. The number of rotatable bonds is 5. The number of nitrogens with zero attached hydrogens (tertiary/aromatic N) is 1. The molecule has 1 aromatic rings. The van der Waals surface area contributed by atoms with Gasteiger partial charge >= 0.3 is 0 Å². The lowest BCUT2D eigenvalue weighted by atomic mass is 9.78. The maximum Gasteiger partial charge on any atom is 0.255 e. The molecular formula is C25H34N2O2. The van der Waals surface area contributed by atoms with Gasteiger partial charge in [-0.25, -0.2) is 0 Å². The Morgan fingerprint density at radius 2 is 1.97 bits per heavy atom. The average molecular weight is 395 g/mol. The molecule has 156 valence electrons. The minimum Gasteiger partial charge on any atom is -0.351 e. The van der Waals surface area contributed by atoms with Gasteiger partial charge in [0, 0.05) is 18.2 Å². The van der Waals surface area contributed by atoms with Crippen LogP contribution in [0.5, 0.6) is 0 Å². The fourth-order valence-corrected chi connectivity index (χ4v) is 5.33. The van der Waals surface area contributed by atoms with E-state index < -0.39 is 6.04 Å². The Labute approximate surface area is 174 Å². The van der Waals surface area contributed by atoms with Crippen molar-refractivity contribution in [3.8, 4) is 0 Å². The van der Waals surface area contributed by atoms with Gasteiger partial charge in [0.2, 0.25) is 5.91 Å². The van der Waals surface area contributed by atoms with Gasteiger partial charge in [-0.05, 0) is 62.0 Å². The van der Waals surface area contributed by atoms with Crippen LogP contribution >= 0.6 is 0 Å². The van der Waals surface area contributed by atoms with E-state index in [-0.39, 0.29) is 17.9 Å². The van der Waals surface area contributed by atoms with Gasteiger partial charge in [-0.1, -0.05) is 56.5 Å². The van der Waals surface area contributed by atoms with E-state index in [4.69, 9.17) is 0 Å². The number of benzene rings is 1. The smallest absolute Gasteiger partial charge is 0.255 e. The molecule has 29 heavy (non-hydrogen) atoms. The highest BCUT2D eigenvalue weighted by Crippen LogP contribution is 2.36. The van der Waals surface area contributed by atoms with Gasteiger partial charge in [0.15, 0.2) is 0 Å². The molecule has 4 rings (SSSR count). The first kappa shape index (κ1) is 20.2. The van der Waals surface area contributed by atoms with Crippen LogP contribution in [-0.2, 0) is 4.79 Å². The number of nitrogens with one attached hydrogen (secondary N) is 1. The van der Waals surface area contributed by atoms with Crippen molar-refractivity contribution in [2.75, 3.05) is 6.54 Å². The van der Waals surface area contributed by atoms with Crippen molar-refractivity contribution in [1.82, 2.24) is 10.2 Å². The lowest BCUT2D eigenvalue weighted by Crippen LogP contribution is -2.48. The van der Waals surface area contributed by atoms with E-state index >= 15 is 0 Å². The van der Waals surface area contributed by atoms with Crippen LogP contribution in [0.2, 0.25) is 0 Å². The summed E-state index contributed by atoms with van der Waals surface area (Å²) in [5, 5.41) is 3.32. The fourth-order valence-electron chi connectivity index (χ4n) is 5.33. The summed E-state index contributed by atoms with van der Waals surface area (Å²) >= 11 is 0. The third-order valence-electron chi connectivity index (χ3n) is 7.40. The SMILES string of the molecule is CC1CCCC(NC(=O)C2c3ccccc3C(=O)N2CCC2=CCCCC2)C1C. The van der Waals surface area contributed by atoms with Crippen molar-refractivity contribution in [1.29, 1.82) is 0 Å². The van der Waals surface area contributed by atoms with E-state index in [1.54, 1.807) is 0 Å². The van der Waals surface area contributed by atoms with Crippen LogP contribution in [0.4, 0.5) is 0 Å². The molecule has 1 N–H and O–H groups in total. The summed E-state index contributed by atoms with van der Waals surface area (Å²) in [5.41, 5.74) is 2.99. The van der Waals surface area contributed by atoms with E-state index in [0.717, 1.165) is 37.7 Å². The molecule has 1 aliphatic heterocycles. The zero-order chi connectivity index (χ0) is 20.4. The first-order chi connectivity index (χ1) is 14.1. The minimum absolute atomic E-state index is 0.00206. The van der Waals surface area contributed by atoms with Crippen molar-refractivity contribution in [3.63, 3.8) is 0 Å². The maximum absolute atomic E-state index is 13.4. The molecule has 1 saturated carbocycles. The lowest BCUT2D eigenvalue weighted by Gasteiger charge is -2.36. The third-order valence-corrected chi connectivity index (χ3v) is 7.40. The Bertz CT molecular complexity index is 800. The summed E-state index contributed by atoms with van der Waals surface area (Å²) < 4.78 is 0. The van der Waals surface area contributed by atoms with Crippen LogP contribution in [0, 0.1) is 11.8 Å². The van der Waals surface area contributed by atoms with Crippen molar-refractivity contribution in [2.24, 2.45) is 11.8 Å². The monoisotopic (exact) mass is 394 g/mol. The number of amides is 2. The second-order valence-corrected chi connectivity index (χ2v) is 9.23. The van der Waals surface area contributed by atoms with E-state index in [1.165, 1.54) is 24.8 Å². The normalized spacial score (nSPS) is 29.4. The van der Waals surface area contributed by atoms with Crippen LogP contribution < -0.4 is 5.32 Å². The number of hydrogen-bond acceptors (Lipinski definition) is 2. The average Bonchev–Trinajstić information content (AvgIpc) is 3.03. The molecule has 2 aliphatic carbocycles. The summed E-state index contributed by atoms with van der Waals surface area (Å²) in [4.78, 5) is 28.3. The second kappa shape index (κ2) is 8.73. The van der Waals surface area contributed by atoms with Crippen LogP contribution in [0.1, 0.15) is 87.2 Å². The third kappa shape index (κ3) is 4.12. The molecule has 3 aliphatic rings. The maximum atomic E-state index is 13.4. The fraction of sp³-hybridized carbons (Fsp3) is 0.600. The largest absolute Gasteiger partial charge is 0.351 e. The Balaban J connectivity index is 1.53. The van der Waals surface area contributed by atoms with Crippen LogP contribution in [-0.4, -0.2) is 29.3 Å². The molecule has 4 nitrogen and oxygen atoms in total. The second-order valence-electron chi connectivity index (χ2n) is 9.23. The number of carbonyl (C=O) groups is 2. The number of hydrogen-bond donors (Lipinski definition) is 1. The molecule has 4 heteroatoms. The van der Waals surface area contributed by atoms with Gasteiger partial charge in [-0.15, -0.1) is 0 Å². The zero-order valence-electron chi connectivity index (χ0n) is 17.8. The van der Waals surface area contributed by atoms with Crippen molar-refractivity contribution < 1.29 is 9.59 Å². The van der Waals surface area contributed by atoms with Gasteiger partial charge < -0.3 is 10.2 Å².